The molecule has 1 aliphatic rings. The number of aliphatic hydroxyl groups is 1. The van der Waals surface area contributed by atoms with Crippen LogP contribution >= 0.6 is 0 Å². The lowest BCUT2D eigenvalue weighted by molar-refractivity contribution is -0.146. The van der Waals surface area contributed by atoms with Crippen molar-refractivity contribution in [1.82, 2.24) is 5.32 Å². The monoisotopic (exact) mass is 159 g/mol. The van der Waals surface area contributed by atoms with Crippen LogP contribution in [0.5, 0.6) is 0 Å². The third-order valence-corrected chi connectivity index (χ3v) is 1.75. The molecule has 0 unspecified atom stereocenters. The summed E-state index contributed by atoms with van der Waals surface area (Å²) in [6.45, 7) is 0.996. The van der Waals surface area contributed by atoms with Gasteiger partial charge in [-0.1, -0.05) is 0 Å². The summed E-state index contributed by atoms with van der Waals surface area (Å²) in [5.74, 6) is -0.440. The Hall–Kier alpha value is -0.610. The van der Waals surface area contributed by atoms with Crippen LogP contribution in [0.2, 0.25) is 0 Å². The van der Waals surface area contributed by atoms with Crippen LogP contribution in [0.15, 0.2) is 0 Å². The Kier molecular flexibility index (Phi) is 2.84. The fraction of sp³-hybridized carbons (Fsp3) is 0.857. The molecule has 0 amide bonds. The van der Waals surface area contributed by atoms with Gasteiger partial charge in [-0.05, 0) is 25.3 Å². The zero-order valence-corrected chi connectivity index (χ0v) is 6.29. The molecule has 0 aromatic heterocycles. The van der Waals surface area contributed by atoms with E-state index in [9.17, 15) is 4.79 Å². The molecule has 0 heterocycles. The standard InChI is InChI=1S/C7H13NO3/c9-6(7(10)11)4-8-3-5-1-2-5/h5-6,8-9H,1-4H2,(H,10,11)/t6-/m0/s1. The lowest BCUT2D eigenvalue weighted by atomic mass is 10.3. The third-order valence-electron chi connectivity index (χ3n) is 1.75. The molecule has 4 nitrogen and oxygen atoms in total. The van der Waals surface area contributed by atoms with Gasteiger partial charge in [-0.3, -0.25) is 0 Å². The summed E-state index contributed by atoms with van der Waals surface area (Å²) in [5.41, 5.74) is 0. The van der Waals surface area contributed by atoms with Gasteiger partial charge in [0.15, 0.2) is 6.10 Å². The van der Waals surface area contributed by atoms with Crippen LogP contribution in [-0.2, 0) is 4.79 Å². The molecule has 3 N–H and O–H groups in total. The third kappa shape index (κ3) is 3.34. The SMILES string of the molecule is O=C(O)[C@@H](O)CNCC1CC1. The highest BCUT2D eigenvalue weighted by Crippen LogP contribution is 2.27. The maximum atomic E-state index is 10.1. The summed E-state index contributed by atoms with van der Waals surface area (Å²) in [7, 11) is 0. The van der Waals surface area contributed by atoms with E-state index in [1.54, 1.807) is 0 Å². The number of aliphatic hydroxyl groups excluding tert-OH is 1. The molecule has 0 aromatic carbocycles. The fourth-order valence-electron chi connectivity index (χ4n) is 0.833. The smallest absolute Gasteiger partial charge is 0.333 e. The van der Waals surface area contributed by atoms with Crippen molar-refractivity contribution in [1.29, 1.82) is 0 Å². The van der Waals surface area contributed by atoms with E-state index < -0.39 is 12.1 Å². The molecule has 1 aliphatic carbocycles. The molecular weight excluding hydrogens is 146 g/mol. The van der Waals surface area contributed by atoms with Crippen LogP contribution in [-0.4, -0.2) is 35.4 Å². The summed E-state index contributed by atoms with van der Waals surface area (Å²) in [4.78, 5) is 10.1. The second-order valence-electron chi connectivity index (χ2n) is 2.96. The van der Waals surface area contributed by atoms with E-state index in [0.29, 0.717) is 0 Å². The number of nitrogens with one attached hydrogen (secondary N) is 1. The van der Waals surface area contributed by atoms with Crippen LogP contribution in [0.1, 0.15) is 12.8 Å². The quantitative estimate of drug-likeness (QED) is 0.502. The highest BCUT2D eigenvalue weighted by molar-refractivity contribution is 5.72. The van der Waals surface area contributed by atoms with Crippen LogP contribution in [0, 0.1) is 5.92 Å². The first-order chi connectivity index (χ1) is 5.20. The molecule has 1 rings (SSSR count). The summed E-state index contributed by atoms with van der Waals surface area (Å²) in [6.07, 6.45) is 1.21. The van der Waals surface area contributed by atoms with E-state index in [2.05, 4.69) is 5.32 Å². The molecule has 0 bridgehead atoms. The van der Waals surface area contributed by atoms with Gasteiger partial charge < -0.3 is 15.5 Å². The van der Waals surface area contributed by atoms with E-state index in [-0.39, 0.29) is 6.54 Å². The second-order valence-corrected chi connectivity index (χ2v) is 2.96. The maximum Gasteiger partial charge on any atom is 0.333 e. The topological polar surface area (TPSA) is 69.6 Å². The number of carboxylic acid groups (broad SMARTS) is 1. The largest absolute Gasteiger partial charge is 0.479 e. The zero-order chi connectivity index (χ0) is 8.27. The number of carbonyl (C=O) groups is 1. The number of aliphatic carboxylic acids is 1. The first kappa shape index (κ1) is 8.49. The van der Waals surface area contributed by atoms with Gasteiger partial charge in [-0.2, -0.15) is 0 Å². The summed E-state index contributed by atoms with van der Waals surface area (Å²) >= 11 is 0. The molecule has 11 heavy (non-hydrogen) atoms. The second kappa shape index (κ2) is 3.69. The van der Waals surface area contributed by atoms with Crippen LogP contribution in [0.4, 0.5) is 0 Å². The average Bonchev–Trinajstić information content (AvgIpc) is 2.71. The van der Waals surface area contributed by atoms with Gasteiger partial charge in [-0.15, -0.1) is 0 Å². The molecule has 0 aliphatic heterocycles. The van der Waals surface area contributed by atoms with Crippen LogP contribution in [0.25, 0.3) is 0 Å². The first-order valence-corrected chi connectivity index (χ1v) is 3.81. The van der Waals surface area contributed by atoms with Crippen LogP contribution in [0.3, 0.4) is 0 Å². The first-order valence-electron chi connectivity index (χ1n) is 3.81. The Morgan fingerprint density at radius 1 is 1.64 bits per heavy atom. The lowest BCUT2D eigenvalue weighted by Crippen LogP contribution is -2.33. The molecule has 1 saturated carbocycles. The van der Waals surface area contributed by atoms with E-state index in [4.69, 9.17) is 10.2 Å². The van der Waals surface area contributed by atoms with E-state index in [1.807, 2.05) is 0 Å². The van der Waals surface area contributed by atoms with Gasteiger partial charge >= 0.3 is 5.97 Å². The minimum atomic E-state index is -1.26. The molecule has 0 radical (unpaired) electrons. The minimum Gasteiger partial charge on any atom is -0.479 e. The summed E-state index contributed by atoms with van der Waals surface area (Å²) < 4.78 is 0. The Morgan fingerprint density at radius 2 is 2.27 bits per heavy atom. The predicted molar refractivity (Wildman–Crippen MR) is 39.2 cm³/mol. The summed E-state index contributed by atoms with van der Waals surface area (Å²) in [5, 5.41) is 20.0. The molecule has 0 spiro atoms. The van der Waals surface area contributed by atoms with Gasteiger partial charge in [0.2, 0.25) is 0 Å². The van der Waals surface area contributed by atoms with Crippen LogP contribution < -0.4 is 5.32 Å². The number of carboxylic acids is 1. The maximum absolute atomic E-state index is 10.1. The Labute approximate surface area is 65.2 Å². The van der Waals surface area contributed by atoms with Crippen molar-refractivity contribution in [2.75, 3.05) is 13.1 Å². The van der Waals surface area contributed by atoms with Crippen molar-refractivity contribution in [3.8, 4) is 0 Å². The van der Waals surface area contributed by atoms with E-state index >= 15 is 0 Å². The average molecular weight is 159 g/mol. The van der Waals surface area contributed by atoms with Gasteiger partial charge in [0.05, 0.1) is 0 Å². The van der Waals surface area contributed by atoms with E-state index in [0.717, 1.165) is 12.5 Å². The van der Waals surface area contributed by atoms with Gasteiger partial charge in [0, 0.05) is 6.54 Å². The molecule has 64 valence electrons. The van der Waals surface area contributed by atoms with Crippen molar-refractivity contribution in [2.24, 2.45) is 5.92 Å². The number of hydrogen-bond acceptors (Lipinski definition) is 3. The zero-order valence-electron chi connectivity index (χ0n) is 6.29. The van der Waals surface area contributed by atoms with Crippen molar-refractivity contribution < 1.29 is 15.0 Å². The number of hydrogen-bond donors (Lipinski definition) is 3. The fourth-order valence-corrected chi connectivity index (χ4v) is 0.833. The Morgan fingerprint density at radius 3 is 2.73 bits per heavy atom. The molecular formula is C7H13NO3. The molecule has 0 saturated heterocycles. The lowest BCUT2D eigenvalue weighted by Gasteiger charge is -2.05. The van der Waals surface area contributed by atoms with E-state index in [1.165, 1.54) is 12.8 Å². The van der Waals surface area contributed by atoms with Crippen molar-refractivity contribution in [3.05, 3.63) is 0 Å². The van der Waals surface area contributed by atoms with Crippen molar-refractivity contribution in [2.45, 2.75) is 18.9 Å². The normalized spacial score (nSPS) is 19.7. The highest BCUT2D eigenvalue weighted by Gasteiger charge is 2.21. The number of rotatable bonds is 5. The Bertz CT molecular complexity index is 145. The Balaban J connectivity index is 1.96. The minimum absolute atomic E-state index is 0.159. The van der Waals surface area contributed by atoms with Crippen molar-refractivity contribution in [3.63, 3.8) is 0 Å². The van der Waals surface area contributed by atoms with Gasteiger partial charge in [0.1, 0.15) is 0 Å². The summed E-state index contributed by atoms with van der Waals surface area (Å²) in [6, 6.07) is 0. The van der Waals surface area contributed by atoms with Crippen molar-refractivity contribution >= 4 is 5.97 Å². The van der Waals surface area contributed by atoms with Gasteiger partial charge in [-0.25, -0.2) is 4.79 Å². The molecule has 4 heteroatoms. The van der Waals surface area contributed by atoms with Gasteiger partial charge in [0.25, 0.3) is 0 Å². The molecule has 0 aromatic rings. The highest BCUT2D eigenvalue weighted by atomic mass is 16.4. The molecule has 1 atom stereocenters. The molecule has 1 fully saturated rings. The predicted octanol–water partition coefficient (Wildman–Crippen LogP) is -0.569.